The summed E-state index contributed by atoms with van der Waals surface area (Å²) < 4.78 is 5.51. The summed E-state index contributed by atoms with van der Waals surface area (Å²) in [5.74, 6) is 2.40. The van der Waals surface area contributed by atoms with Crippen LogP contribution in [0, 0.1) is 5.92 Å². The molecule has 0 spiro atoms. The number of ether oxygens (including phenoxy) is 1. The van der Waals surface area contributed by atoms with E-state index in [9.17, 15) is 0 Å². The van der Waals surface area contributed by atoms with Crippen LogP contribution in [0.25, 0.3) is 0 Å². The van der Waals surface area contributed by atoms with Crippen LogP contribution in [-0.2, 0) is 5.54 Å². The van der Waals surface area contributed by atoms with Crippen molar-refractivity contribution in [3.63, 3.8) is 0 Å². The highest BCUT2D eigenvalue weighted by atomic mass is 16.5. The minimum Gasteiger partial charge on any atom is -0.494 e. The van der Waals surface area contributed by atoms with Crippen molar-refractivity contribution in [2.75, 3.05) is 19.7 Å². The number of hydrogen-bond acceptors (Lipinski definition) is 4. The molecule has 4 heteroatoms. The normalized spacial score (nSPS) is 25.7. The number of hydrogen-bond donors (Lipinski definition) is 1. The van der Waals surface area contributed by atoms with Gasteiger partial charge in [0.15, 0.2) is 5.96 Å². The molecule has 1 fully saturated rings. The molecule has 0 saturated heterocycles. The molecule has 0 bridgehead atoms. The highest BCUT2D eigenvalue weighted by molar-refractivity contribution is 5.81. The fraction of sp³-hybridized carbons (Fsp3) is 0.562. The van der Waals surface area contributed by atoms with Gasteiger partial charge in [-0.25, -0.2) is 0 Å². The van der Waals surface area contributed by atoms with Crippen molar-refractivity contribution in [1.82, 2.24) is 4.90 Å². The van der Waals surface area contributed by atoms with Crippen LogP contribution in [0.2, 0.25) is 0 Å². The molecule has 1 aliphatic carbocycles. The molecule has 1 aromatic rings. The molecule has 0 amide bonds. The van der Waals surface area contributed by atoms with E-state index in [1.165, 1.54) is 18.4 Å². The van der Waals surface area contributed by atoms with Crippen LogP contribution in [0.5, 0.6) is 5.75 Å². The molecule has 20 heavy (non-hydrogen) atoms. The van der Waals surface area contributed by atoms with Gasteiger partial charge in [-0.05, 0) is 50.3 Å². The number of guanidine groups is 1. The smallest absolute Gasteiger partial charge is 0.192 e. The topological polar surface area (TPSA) is 50.9 Å². The fourth-order valence-corrected chi connectivity index (χ4v) is 2.84. The van der Waals surface area contributed by atoms with E-state index >= 15 is 0 Å². The second-order valence-corrected chi connectivity index (χ2v) is 5.96. The van der Waals surface area contributed by atoms with E-state index in [1.54, 1.807) is 0 Å². The van der Waals surface area contributed by atoms with Gasteiger partial charge in [-0.1, -0.05) is 12.1 Å². The molecule has 1 heterocycles. The Bertz CT molecular complexity index is 507. The minimum absolute atomic E-state index is 0.114. The van der Waals surface area contributed by atoms with E-state index < -0.39 is 0 Å². The van der Waals surface area contributed by atoms with Crippen LogP contribution in [0.1, 0.15) is 32.3 Å². The van der Waals surface area contributed by atoms with Crippen LogP contribution in [0.4, 0.5) is 0 Å². The Hall–Kier alpha value is -1.71. The second kappa shape index (κ2) is 5.00. The van der Waals surface area contributed by atoms with E-state index in [-0.39, 0.29) is 5.54 Å². The lowest BCUT2D eigenvalue weighted by Gasteiger charge is -2.37. The van der Waals surface area contributed by atoms with Gasteiger partial charge in [0.25, 0.3) is 0 Å². The van der Waals surface area contributed by atoms with Crippen molar-refractivity contribution in [2.24, 2.45) is 16.6 Å². The lowest BCUT2D eigenvalue weighted by atomic mass is 9.91. The molecule has 1 atom stereocenters. The standard InChI is InChI=1S/C16H23N3O/c1-3-20-14-8-6-13(7-9-14)16(2)11-18-15(17)19(16)10-12-4-5-12/h6-9,12H,3-5,10-11H2,1-2H3,(H2,17,18). The first-order chi connectivity index (χ1) is 9.63. The quantitative estimate of drug-likeness (QED) is 0.896. The number of nitrogens with zero attached hydrogens (tertiary/aromatic N) is 2. The zero-order valence-corrected chi connectivity index (χ0v) is 12.3. The van der Waals surface area contributed by atoms with E-state index in [0.717, 1.165) is 24.8 Å². The maximum Gasteiger partial charge on any atom is 0.192 e. The lowest BCUT2D eigenvalue weighted by Crippen LogP contribution is -2.48. The summed E-state index contributed by atoms with van der Waals surface area (Å²) >= 11 is 0. The van der Waals surface area contributed by atoms with Crippen LogP contribution in [0.3, 0.4) is 0 Å². The summed E-state index contributed by atoms with van der Waals surface area (Å²) in [6.07, 6.45) is 2.65. The Morgan fingerprint density at radius 3 is 2.65 bits per heavy atom. The Kier molecular flexibility index (Phi) is 3.32. The van der Waals surface area contributed by atoms with Crippen LogP contribution in [-0.4, -0.2) is 30.6 Å². The molecule has 3 rings (SSSR count). The van der Waals surface area contributed by atoms with Gasteiger partial charge in [0.05, 0.1) is 18.7 Å². The lowest BCUT2D eigenvalue weighted by molar-refractivity contribution is 0.217. The zero-order chi connectivity index (χ0) is 14.2. The highest BCUT2D eigenvalue weighted by Gasteiger charge is 2.41. The Morgan fingerprint density at radius 2 is 2.05 bits per heavy atom. The number of rotatable bonds is 5. The number of nitrogens with two attached hydrogens (primary N) is 1. The first-order valence-corrected chi connectivity index (χ1v) is 7.44. The third-order valence-electron chi connectivity index (χ3n) is 4.35. The molecule has 2 N–H and O–H groups in total. The molecule has 1 saturated carbocycles. The van der Waals surface area contributed by atoms with Gasteiger partial charge in [0, 0.05) is 6.54 Å². The van der Waals surface area contributed by atoms with Crippen molar-refractivity contribution in [2.45, 2.75) is 32.2 Å². The van der Waals surface area contributed by atoms with Gasteiger partial charge in [0.2, 0.25) is 0 Å². The molecule has 4 nitrogen and oxygen atoms in total. The number of benzene rings is 1. The summed E-state index contributed by atoms with van der Waals surface area (Å²) in [5, 5.41) is 0. The predicted octanol–water partition coefficient (Wildman–Crippen LogP) is 2.34. The average Bonchev–Trinajstić information content (AvgIpc) is 3.22. The van der Waals surface area contributed by atoms with Crippen molar-refractivity contribution in [1.29, 1.82) is 0 Å². The van der Waals surface area contributed by atoms with Gasteiger partial charge in [-0.15, -0.1) is 0 Å². The van der Waals surface area contributed by atoms with Crippen molar-refractivity contribution in [3.8, 4) is 5.75 Å². The molecule has 1 unspecified atom stereocenters. The first kappa shape index (κ1) is 13.3. The molecular weight excluding hydrogens is 250 g/mol. The zero-order valence-electron chi connectivity index (χ0n) is 12.3. The average molecular weight is 273 g/mol. The van der Waals surface area contributed by atoms with Crippen molar-refractivity contribution < 1.29 is 4.74 Å². The third-order valence-corrected chi connectivity index (χ3v) is 4.35. The first-order valence-electron chi connectivity index (χ1n) is 7.44. The molecular formula is C16H23N3O. The maximum atomic E-state index is 6.10. The summed E-state index contributed by atoms with van der Waals surface area (Å²) in [7, 11) is 0. The van der Waals surface area contributed by atoms with Crippen LogP contribution in [0.15, 0.2) is 29.3 Å². The molecule has 2 aliphatic rings. The molecule has 0 aromatic heterocycles. The summed E-state index contributed by atoms with van der Waals surface area (Å²) in [4.78, 5) is 6.75. The van der Waals surface area contributed by atoms with Crippen molar-refractivity contribution in [3.05, 3.63) is 29.8 Å². The molecule has 108 valence electrons. The summed E-state index contributed by atoms with van der Waals surface area (Å²) in [5.41, 5.74) is 7.24. The third kappa shape index (κ3) is 2.35. The van der Waals surface area contributed by atoms with Gasteiger partial charge in [-0.2, -0.15) is 0 Å². The Labute approximate surface area is 120 Å². The number of aliphatic imine (C=N–C) groups is 1. The SMILES string of the molecule is CCOc1ccc(C2(C)CN=C(N)N2CC2CC2)cc1. The van der Waals surface area contributed by atoms with Crippen LogP contribution >= 0.6 is 0 Å². The molecule has 0 radical (unpaired) electrons. The van der Waals surface area contributed by atoms with Crippen LogP contribution < -0.4 is 10.5 Å². The van der Waals surface area contributed by atoms with E-state index in [4.69, 9.17) is 10.5 Å². The largest absolute Gasteiger partial charge is 0.494 e. The second-order valence-electron chi connectivity index (χ2n) is 5.96. The highest BCUT2D eigenvalue weighted by Crippen LogP contribution is 2.38. The summed E-state index contributed by atoms with van der Waals surface area (Å²) in [6.45, 7) is 6.69. The summed E-state index contributed by atoms with van der Waals surface area (Å²) in [6, 6.07) is 8.35. The Morgan fingerprint density at radius 1 is 1.35 bits per heavy atom. The van der Waals surface area contributed by atoms with Gasteiger partial charge < -0.3 is 15.4 Å². The van der Waals surface area contributed by atoms with Gasteiger partial charge in [-0.3, -0.25) is 4.99 Å². The van der Waals surface area contributed by atoms with E-state index in [2.05, 4.69) is 28.9 Å². The molecule has 1 aromatic carbocycles. The maximum absolute atomic E-state index is 6.10. The fourth-order valence-electron chi connectivity index (χ4n) is 2.84. The molecule has 1 aliphatic heterocycles. The predicted molar refractivity (Wildman–Crippen MR) is 80.9 cm³/mol. The van der Waals surface area contributed by atoms with E-state index in [1.807, 2.05) is 19.1 Å². The minimum atomic E-state index is -0.114. The van der Waals surface area contributed by atoms with Crippen molar-refractivity contribution >= 4 is 5.96 Å². The van der Waals surface area contributed by atoms with Gasteiger partial charge in [0.1, 0.15) is 5.75 Å². The van der Waals surface area contributed by atoms with E-state index in [0.29, 0.717) is 12.6 Å². The Balaban J connectivity index is 1.82. The van der Waals surface area contributed by atoms with Gasteiger partial charge >= 0.3 is 0 Å². The monoisotopic (exact) mass is 273 g/mol.